The topological polar surface area (TPSA) is 76.3 Å². The number of hydrogen-bond donors (Lipinski definition) is 2. The van der Waals surface area contributed by atoms with Crippen LogP contribution < -0.4 is 16.2 Å². The van der Waals surface area contributed by atoms with Gasteiger partial charge in [-0.1, -0.05) is 20.8 Å². The van der Waals surface area contributed by atoms with E-state index in [1.165, 1.54) is 0 Å². The Morgan fingerprint density at radius 3 is 2.45 bits per heavy atom. The zero-order valence-corrected chi connectivity index (χ0v) is 12.8. The maximum absolute atomic E-state index is 5.53. The normalized spacial score (nSPS) is 17.4. The average Bonchev–Trinajstić information content (AvgIpc) is 2.46. The Morgan fingerprint density at radius 1 is 1.30 bits per heavy atom. The molecule has 20 heavy (non-hydrogen) atoms. The summed E-state index contributed by atoms with van der Waals surface area (Å²) in [5, 5.41) is 0. The number of ether oxygens (including phenoxy) is 1. The van der Waals surface area contributed by atoms with Gasteiger partial charge in [0.05, 0.1) is 6.10 Å². The Labute approximate surface area is 120 Å². The predicted molar refractivity (Wildman–Crippen MR) is 80.8 cm³/mol. The number of nitrogens with zero attached hydrogens (tertiary/aromatic N) is 3. The fraction of sp³-hybridized carbons (Fsp3) is 0.714. The molecule has 0 radical (unpaired) electrons. The highest BCUT2D eigenvalue weighted by Crippen LogP contribution is 2.26. The molecule has 3 N–H and O–H groups in total. The molecular weight excluding hydrogens is 254 g/mol. The zero-order valence-electron chi connectivity index (χ0n) is 12.8. The number of hydrazine groups is 1. The third-order valence-corrected chi connectivity index (χ3v) is 3.63. The molecule has 0 saturated carbocycles. The first kappa shape index (κ1) is 15.0. The lowest BCUT2D eigenvalue weighted by Crippen LogP contribution is -2.37. The van der Waals surface area contributed by atoms with Crippen LogP contribution in [0.5, 0.6) is 0 Å². The van der Waals surface area contributed by atoms with Crippen LogP contribution in [0.2, 0.25) is 0 Å². The molecule has 0 amide bonds. The van der Waals surface area contributed by atoms with Crippen molar-refractivity contribution in [3.63, 3.8) is 0 Å². The summed E-state index contributed by atoms with van der Waals surface area (Å²) in [5.41, 5.74) is 2.53. The van der Waals surface area contributed by atoms with Gasteiger partial charge in [-0.25, -0.2) is 15.8 Å². The van der Waals surface area contributed by atoms with Crippen LogP contribution in [-0.2, 0) is 10.2 Å². The molecule has 0 unspecified atom stereocenters. The lowest BCUT2D eigenvalue weighted by Gasteiger charge is -2.32. The molecule has 6 nitrogen and oxygen atoms in total. The van der Waals surface area contributed by atoms with Gasteiger partial charge >= 0.3 is 0 Å². The monoisotopic (exact) mass is 279 g/mol. The predicted octanol–water partition coefficient (Wildman–Crippen LogP) is 1.67. The minimum atomic E-state index is -0.105. The van der Waals surface area contributed by atoms with E-state index in [0.29, 0.717) is 11.9 Å². The SMILES string of the molecule is COC1CCN(c2cc(NN)nc(C(C)(C)C)n2)CC1. The number of anilines is 2. The molecule has 0 aromatic carbocycles. The van der Waals surface area contributed by atoms with Crippen molar-refractivity contribution in [2.45, 2.75) is 45.1 Å². The summed E-state index contributed by atoms with van der Waals surface area (Å²) < 4.78 is 5.41. The van der Waals surface area contributed by atoms with E-state index < -0.39 is 0 Å². The zero-order chi connectivity index (χ0) is 14.8. The molecule has 1 aromatic rings. The molecule has 0 atom stereocenters. The van der Waals surface area contributed by atoms with Crippen LogP contribution in [0.15, 0.2) is 6.07 Å². The van der Waals surface area contributed by atoms with E-state index in [-0.39, 0.29) is 5.41 Å². The van der Waals surface area contributed by atoms with Crippen LogP contribution in [0.1, 0.15) is 39.4 Å². The van der Waals surface area contributed by atoms with Crippen LogP contribution in [0.4, 0.5) is 11.6 Å². The van der Waals surface area contributed by atoms with E-state index in [9.17, 15) is 0 Å². The highest BCUT2D eigenvalue weighted by atomic mass is 16.5. The number of methoxy groups -OCH3 is 1. The number of hydrogen-bond acceptors (Lipinski definition) is 6. The van der Waals surface area contributed by atoms with Gasteiger partial charge in [0, 0.05) is 31.7 Å². The second-order valence-corrected chi connectivity index (χ2v) is 6.25. The van der Waals surface area contributed by atoms with E-state index in [0.717, 1.165) is 37.6 Å². The third kappa shape index (κ3) is 3.37. The van der Waals surface area contributed by atoms with Crippen LogP contribution in [-0.4, -0.2) is 36.3 Å². The first-order valence-electron chi connectivity index (χ1n) is 7.08. The second kappa shape index (κ2) is 5.93. The lowest BCUT2D eigenvalue weighted by atomic mass is 9.95. The molecule has 1 saturated heterocycles. The maximum Gasteiger partial charge on any atom is 0.145 e. The Morgan fingerprint density at radius 2 is 1.95 bits per heavy atom. The number of piperidine rings is 1. The summed E-state index contributed by atoms with van der Waals surface area (Å²) in [5.74, 6) is 7.93. The molecule has 0 aliphatic carbocycles. The van der Waals surface area contributed by atoms with Gasteiger partial charge in [-0.15, -0.1) is 0 Å². The van der Waals surface area contributed by atoms with Gasteiger partial charge in [0.25, 0.3) is 0 Å². The van der Waals surface area contributed by atoms with Crippen molar-refractivity contribution < 1.29 is 4.74 Å². The van der Waals surface area contributed by atoms with E-state index in [1.54, 1.807) is 7.11 Å². The summed E-state index contributed by atoms with van der Waals surface area (Å²) in [4.78, 5) is 11.4. The summed E-state index contributed by atoms with van der Waals surface area (Å²) in [6, 6.07) is 1.91. The largest absolute Gasteiger partial charge is 0.381 e. The van der Waals surface area contributed by atoms with Crippen molar-refractivity contribution in [2.24, 2.45) is 5.84 Å². The van der Waals surface area contributed by atoms with Crippen molar-refractivity contribution in [3.8, 4) is 0 Å². The van der Waals surface area contributed by atoms with E-state index in [2.05, 4.69) is 36.1 Å². The molecule has 2 heterocycles. The van der Waals surface area contributed by atoms with Crippen molar-refractivity contribution in [1.29, 1.82) is 0 Å². The minimum Gasteiger partial charge on any atom is -0.381 e. The number of nitrogen functional groups attached to an aromatic ring is 1. The van der Waals surface area contributed by atoms with Crippen LogP contribution in [0.3, 0.4) is 0 Å². The fourth-order valence-electron chi connectivity index (χ4n) is 2.33. The molecule has 0 bridgehead atoms. The fourth-order valence-corrected chi connectivity index (χ4v) is 2.33. The highest BCUT2D eigenvalue weighted by Gasteiger charge is 2.23. The first-order valence-corrected chi connectivity index (χ1v) is 7.08. The summed E-state index contributed by atoms with van der Waals surface area (Å²) in [6.45, 7) is 8.20. The van der Waals surface area contributed by atoms with Gasteiger partial charge < -0.3 is 15.1 Å². The van der Waals surface area contributed by atoms with Gasteiger partial charge in [0.1, 0.15) is 17.5 Å². The number of nitrogens with one attached hydrogen (secondary N) is 1. The molecule has 1 aliphatic heterocycles. The van der Waals surface area contributed by atoms with Gasteiger partial charge in [0.15, 0.2) is 0 Å². The number of nitrogens with two attached hydrogens (primary N) is 1. The molecule has 0 spiro atoms. The molecule has 1 fully saturated rings. The number of rotatable bonds is 3. The molecule has 2 rings (SSSR count). The highest BCUT2D eigenvalue weighted by molar-refractivity contribution is 5.49. The molecule has 6 heteroatoms. The van der Waals surface area contributed by atoms with Gasteiger partial charge in [0.2, 0.25) is 0 Å². The van der Waals surface area contributed by atoms with Crippen LogP contribution >= 0.6 is 0 Å². The van der Waals surface area contributed by atoms with Crippen molar-refractivity contribution >= 4 is 11.6 Å². The molecular formula is C14H25N5O. The minimum absolute atomic E-state index is 0.105. The van der Waals surface area contributed by atoms with Crippen molar-refractivity contribution in [1.82, 2.24) is 9.97 Å². The molecule has 112 valence electrons. The smallest absolute Gasteiger partial charge is 0.145 e. The number of aromatic nitrogens is 2. The quantitative estimate of drug-likeness (QED) is 0.647. The van der Waals surface area contributed by atoms with Crippen LogP contribution in [0, 0.1) is 0 Å². The summed E-state index contributed by atoms with van der Waals surface area (Å²) in [7, 11) is 1.78. The average molecular weight is 279 g/mol. The lowest BCUT2D eigenvalue weighted by molar-refractivity contribution is 0.0818. The second-order valence-electron chi connectivity index (χ2n) is 6.25. The Bertz CT molecular complexity index is 449. The summed E-state index contributed by atoms with van der Waals surface area (Å²) in [6.07, 6.45) is 2.41. The molecule has 1 aromatic heterocycles. The first-order chi connectivity index (χ1) is 9.44. The third-order valence-electron chi connectivity index (χ3n) is 3.63. The van der Waals surface area contributed by atoms with E-state index in [4.69, 9.17) is 15.6 Å². The van der Waals surface area contributed by atoms with Gasteiger partial charge in [-0.2, -0.15) is 0 Å². The van der Waals surface area contributed by atoms with Gasteiger partial charge in [-0.05, 0) is 12.8 Å². The van der Waals surface area contributed by atoms with Crippen molar-refractivity contribution in [3.05, 3.63) is 11.9 Å². The Hall–Kier alpha value is -1.40. The standard InChI is InChI=1S/C14H25N5O/c1-14(2,3)13-16-11(18-15)9-12(17-13)19-7-5-10(20-4)6-8-19/h9-10H,5-8,15H2,1-4H3,(H,16,17,18). The van der Waals surface area contributed by atoms with Crippen LogP contribution in [0.25, 0.3) is 0 Å². The van der Waals surface area contributed by atoms with E-state index >= 15 is 0 Å². The Kier molecular flexibility index (Phi) is 4.45. The Balaban J connectivity index is 2.23. The van der Waals surface area contributed by atoms with Gasteiger partial charge in [-0.3, -0.25) is 0 Å². The van der Waals surface area contributed by atoms with E-state index in [1.807, 2.05) is 6.07 Å². The van der Waals surface area contributed by atoms with Crippen molar-refractivity contribution in [2.75, 3.05) is 30.5 Å². The summed E-state index contributed by atoms with van der Waals surface area (Å²) >= 11 is 0. The molecule has 1 aliphatic rings. The maximum atomic E-state index is 5.53.